The number of carbonyl (C=O) groups is 1. The molecule has 0 fully saturated rings. The Kier molecular flexibility index (Phi) is 4.90. The molecule has 6 heteroatoms. The van der Waals surface area contributed by atoms with Crippen molar-refractivity contribution in [1.82, 2.24) is 5.32 Å². The fraction of sp³-hybridized carbons (Fsp3) is 0.316. The molecule has 0 saturated carbocycles. The molecule has 2 aromatic carbocycles. The van der Waals surface area contributed by atoms with Crippen LogP contribution in [0.3, 0.4) is 0 Å². The molecule has 2 aromatic rings. The SMILES string of the molecule is CC(C)Oc1ccc(F)cc1NC(=O)N[C@H]1c2ccccc2C[C@H]1O. The van der Waals surface area contributed by atoms with E-state index in [-0.39, 0.29) is 11.8 Å². The molecule has 0 spiro atoms. The number of fused-ring (bicyclic) bond motifs is 1. The lowest BCUT2D eigenvalue weighted by molar-refractivity contribution is 0.144. The number of benzene rings is 2. The van der Waals surface area contributed by atoms with Crippen LogP contribution in [0, 0.1) is 5.82 Å². The Hall–Kier alpha value is -2.60. The second-order valence-electron chi connectivity index (χ2n) is 6.35. The van der Waals surface area contributed by atoms with Crippen molar-refractivity contribution >= 4 is 11.7 Å². The normalized spacial score (nSPS) is 18.8. The zero-order valence-electron chi connectivity index (χ0n) is 14.1. The molecule has 0 saturated heterocycles. The average molecular weight is 344 g/mol. The highest BCUT2D eigenvalue weighted by Crippen LogP contribution is 2.32. The van der Waals surface area contributed by atoms with E-state index in [2.05, 4.69) is 10.6 Å². The van der Waals surface area contributed by atoms with E-state index in [1.165, 1.54) is 18.2 Å². The average Bonchev–Trinajstić information content (AvgIpc) is 2.85. The maximum Gasteiger partial charge on any atom is 0.319 e. The summed E-state index contributed by atoms with van der Waals surface area (Å²) in [4.78, 5) is 12.4. The van der Waals surface area contributed by atoms with Crippen molar-refractivity contribution in [2.24, 2.45) is 0 Å². The Morgan fingerprint density at radius 3 is 2.80 bits per heavy atom. The summed E-state index contributed by atoms with van der Waals surface area (Å²) >= 11 is 0. The van der Waals surface area contributed by atoms with Gasteiger partial charge < -0.3 is 20.5 Å². The van der Waals surface area contributed by atoms with E-state index in [0.29, 0.717) is 12.2 Å². The van der Waals surface area contributed by atoms with Gasteiger partial charge in [-0.3, -0.25) is 0 Å². The molecular formula is C19H21FN2O3. The van der Waals surface area contributed by atoms with Gasteiger partial charge in [-0.05, 0) is 37.1 Å². The van der Waals surface area contributed by atoms with Gasteiger partial charge in [0.2, 0.25) is 0 Å². The van der Waals surface area contributed by atoms with E-state index in [1.807, 2.05) is 38.1 Å². The summed E-state index contributed by atoms with van der Waals surface area (Å²) in [6, 6.07) is 10.5. The lowest BCUT2D eigenvalue weighted by Gasteiger charge is -2.20. The van der Waals surface area contributed by atoms with E-state index in [0.717, 1.165) is 11.1 Å². The minimum Gasteiger partial charge on any atom is -0.489 e. The third-order valence-electron chi connectivity index (χ3n) is 4.04. The van der Waals surface area contributed by atoms with Gasteiger partial charge in [0.05, 0.1) is 23.9 Å². The summed E-state index contributed by atoms with van der Waals surface area (Å²) in [5.74, 6) is -0.0865. The maximum atomic E-state index is 13.5. The number of urea groups is 1. The molecule has 0 radical (unpaired) electrons. The second-order valence-corrected chi connectivity index (χ2v) is 6.35. The van der Waals surface area contributed by atoms with Gasteiger partial charge in [0.25, 0.3) is 0 Å². The van der Waals surface area contributed by atoms with E-state index in [1.54, 1.807) is 0 Å². The molecule has 1 aliphatic carbocycles. The van der Waals surface area contributed by atoms with Gasteiger partial charge in [-0.1, -0.05) is 24.3 Å². The monoisotopic (exact) mass is 344 g/mol. The number of hydrogen-bond donors (Lipinski definition) is 3. The second kappa shape index (κ2) is 7.11. The van der Waals surface area contributed by atoms with Gasteiger partial charge in [-0.15, -0.1) is 0 Å². The molecule has 3 rings (SSSR count). The van der Waals surface area contributed by atoms with Crippen LogP contribution in [0.5, 0.6) is 5.75 Å². The number of anilines is 1. The summed E-state index contributed by atoms with van der Waals surface area (Å²) in [6.07, 6.45) is -0.317. The van der Waals surface area contributed by atoms with E-state index in [4.69, 9.17) is 4.74 Å². The molecular weight excluding hydrogens is 323 g/mol. The van der Waals surface area contributed by atoms with Crippen LogP contribution < -0.4 is 15.4 Å². The van der Waals surface area contributed by atoms with Gasteiger partial charge >= 0.3 is 6.03 Å². The number of halogens is 1. The van der Waals surface area contributed by atoms with Gasteiger partial charge in [-0.25, -0.2) is 9.18 Å². The molecule has 0 unspecified atom stereocenters. The van der Waals surface area contributed by atoms with E-state index in [9.17, 15) is 14.3 Å². The first-order valence-electron chi connectivity index (χ1n) is 8.23. The maximum absolute atomic E-state index is 13.5. The van der Waals surface area contributed by atoms with Gasteiger partial charge in [0.1, 0.15) is 11.6 Å². The van der Waals surface area contributed by atoms with Crippen LogP contribution in [0.15, 0.2) is 42.5 Å². The molecule has 2 amide bonds. The highest BCUT2D eigenvalue weighted by atomic mass is 19.1. The molecule has 0 aliphatic heterocycles. The number of rotatable bonds is 4. The predicted molar refractivity (Wildman–Crippen MR) is 93.2 cm³/mol. The molecule has 25 heavy (non-hydrogen) atoms. The molecule has 0 heterocycles. The van der Waals surface area contributed by atoms with Crippen molar-refractivity contribution < 1.29 is 19.0 Å². The van der Waals surface area contributed by atoms with Gasteiger partial charge in [0, 0.05) is 12.5 Å². The fourth-order valence-corrected chi connectivity index (χ4v) is 3.00. The Balaban J connectivity index is 1.74. The molecule has 1 aliphatic rings. The smallest absolute Gasteiger partial charge is 0.319 e. The largest absolute Gasteiger partial charge is 0.489 e. The lowest BCUT2D eigenvalue weighted by Crippen LogP contribution is -2.37. The zero-order chi connectivity index (χ0) is 18.0. The van der Waals surface area contributed by atoms with Crippen LogP contribution in [0.25, 0.3) is 0 Å². The summed E-state index contributed by atoms with van der Waals surface area (Å²) in [6.45, 7) is 3.69. The van der Waals surface area contributed by atoms with E-state index >= 15 is 0 Å². The molecule has 2 atom stereocenters. The minimum atomic E-state index is -0.693. The Labute approximate surface area is 145 Å². The summed E-state index contributed by atoms with van der Waals surface area (Å²) in [5, 5.41) is 15.6. The third-order valence-corrected chi connectivity index (χ3v) is 4.04. The van der Waals surface area contributed by atoms with Crippen LogP contribution in [-0.2, 0) is 6.42 Å². The van der Waals surface area contributed by atoms with Crippen LogP contribution in [0.4, 0.5) is 14.9 Å². The molecule has 5 nitrogen and oxygen atoms in total. The number of aliphatic hydroxyl groups is 1. The standard InChI is InChI=1S/C19H21FN2O3/c1-11(2)25-17-8-7-13(20)10-15(17)21-19(24)22-18-14-6-4-3-5-12(14)9-16(18)23/h3-8,10-11,16,18,23H,9H2,1-2H3,(H2,21,22,24)/t16-,18+/m1/s1. The summed E-state index contributed by atoms with van der Waals surface area (Å²) < 4.78 is 19.1. The first kappa shape index (κ1) is 17.2. The minimum absolute atomic E-state index is 0.113. The highest BCUT2D eigenvalue weighted by molar-refractivity contribution is 5.91. The number of aliphatic hydroxyl groups excluding tert-OH is 1. The molecule has 0 bridgehead atoms. The zero-order valence-corrected chi connectivity index (χ0v) is 14.1. The lowest BCUT2D eigenvalue weighted by atomic mass is 10.1. The summed E-state index contributed by atoms with van der Waals surface area (Å²) in [5.41, 5.74) is 2.14. The van der Waals surface area contributed by atoms with Gasteiger partial charge in [-0.2, -0.15) is 0 Å². The Bertz CT molecular complexity index is 779. The van der Waals surface area contributed by atoms with Crippen LogP contribution in [0.1, 0.15) is 31.0 Å². The van der Waals surface area contributed by atoms with Crippen molar-refractivity contribution in [1.29, 1.82) is 0 Å². The topological polar surface area (TPSA) is 70.6 Å². The van der Waals surface area contributed by atoms with Gasteiger partial charge in [0.15, 0.2) is 0 Å². The van der Waals surface area contributed by atoms with Crippen LogP contribution in [0.2, 0.25) is 0 Å². The summed E-state index contributed by atoms with van der Waals surface area (Å²) in [7, 11) is 0. The van der Waals surface area contributed by atoms with Crippen LogP contribution in [-0.4, -0.2) is 23.3 Å². The van der Waals surface area contributed by atoms with Crippen molar-refractivity contribution in [2.45, 2.75) is 38.5 Å². The first-order valence-corrected chi connectivity index (χ1v) is 8.23. The fourth-order valence-electron chi connectivity index (χ4n) is 3.00. The van der Waals surface area contributed by atoms with Crippen molar-refractivity contribution in [2.75, 3.05) is 5.32 Å². The first-order chi connectivity index (χ1) is 11.9. The number of carbonyl (C=O) groups excluding carboxylic acids is 1. The highest BCUT2D eigenvalue weighted by Gasteiger charge is 2.32. The number of nitrogens with one attached hydrogen (secondary N) is 2. The molecule has 3 N–H and O–H groups in total. The molecule has 0 aromatic heterocycles. The Morgan fingerprint density at radius 2 is 2.04 bits per heavy atom. The van der Waals surface area contributed by atoms with E-state index < -0.39 is 24.0 Å². The number of amides is 2. The Morgan fingerprint density at radius 1 is 1.28 bits per heavy atom. The van der Waals surface area contributed by atoms with Crippen molar-refractivity contribution in [3.63, 3.8) is 0 Å². The predicted octanol–water partition coefficient (Wildman–Crippen LogP) is 3.39. The van der Waals surface area contributed by atoms with Crippen LogP contribution >= 0.6 is 0 Å². The third kappa shape index (κ3) is 3.91. The number of ether oxygens (including phenoxy) is 1. The number of hydrogen-bond acceptors (Lipinski definition) is 3. The quantitative estimate of drug-likeness (QED) is 0.796. The van der Waals surface area contributed by atoms with Crippen molar-refractivity contribution in [3.05, 3.63) is 59.4 Å². The van der Waals surface area contributed by atoms with Crippen molar-refractivity contribution in [3.8, 4) is 5.75 Å². The molecule has 132 valence electrons.